The molecule has 2 rings (SSSR count). The Morgan fingerprint density at radius 3 is 2.94 bits per heavy atom. The number of rotatable bonds is 3. The van der Waals surface area contributed by atoms with Crippen LogP contribution in [0.3, 0.4) is 0 Å². The molecule has 0 radical (unpaired) electrons. The summed E-state index contributed by atoms with van der Waals surface area (Å²) in [6.45, 7) is 2.03. The Balaban J connectivity index is 2.13. The summed E-state index contributed by atoms with van der Waals surface area (Å²) < 4.78 is 0. The molecule has 2 N–H and O–H groups in total. The predicted molar refractivity (Wildman–Crippen MR) is 74.4 cm³/mol. The molecule has 1 aromatic heterocycles. The Morgan fingerprint density at radius 2 is 2.18 bits per heavy atom. The average Bonchev–Trinajstić information content (AvgIpc) is 2.33. The van der Waals surface area contributed by atoms with Crippen molar-refractivity contribution in [2.45, 2.75) is 17.6 Å². The van der Waals surface area contributed by atoms with E-state index in [4.69, 9.17) is 17.3 Å². The van der Waals surface area contributed by atoms with Crippen LogP contribution in [0.25, 0.3) is 0 Å². The van der Waals surface area contributed by atoms with Crippen molar-refractivity contribution in [2.75, 3.05) is 5.73 Å². The molecule has 0 amide bonds. The van der Waals surface area contributed by atoms with Crippen LogP contribution in [-0.2, 0) is 5.75 Å². The maximum Gasteiger partial charge on any atom is 0.0629 e. The van der Waals surface area contributed by atoms with E-state index in [-0.39, 0.29) is 0 Å². The van der Waals surface area contributed by atoms with Gasteiger partial charge >= 0.3 is 0 Å². The fourth-order valence-electron chi connectivity index (χ4n) is 1.46. The molecule has 0 saturated carbocycles. The lowest BCUT2D eigenvalue weighted by molar-refractivity contribution is 1.26. The van der Waals surface area contributed by atoms with Gasteiger partial charge in [-0.25, -0.2) is 0 Å². The summed E-state index contributed by atoms with van der Waals surface area (Å²) >= 11 is 7.80. The van der Waals surface area contributed by atoms with Gasteiger partial charge in [0.05, 0.1) is 5.02 Å². The van der Waals surface area contributed by atoms with E-state index in [1.54, 1.807) is 24.2 Å². The van der Waals surface area contributed by atoms with Crippen LogP contribution in [0.1, 0.15) is 11.1 Å². The lowest BCUT2D eigenvalue weighted by Crippen LogP contribution is -1.91. The zero-order valence-corrected chi connectivity index (χ0v) is 11.1. The standard InChI is InChI=1S/C13H13ClN2S/c1-9-12(15)3-2-4-13(9)17-8-10-5-6-16-7-11(10)14/h2-7H,8,15H2,1H3. The minimum absolute atomic E-state index is 0.710. The summed E-state index contributed by atoms with van der Waals surface area (Å²) in [6.07, 6.45) is 3.43. The SMILES string of the molecule is Cc1c(N)cccc1SCc1ccncc1Cl. The second kappa shape index (κ2) is 5.43. The van der Waals surface area contributed by atoms with Crippen LogP contribution in [0.2, 0.25) is 5.02 Å². The molecule has 1 heterocycles. The smallest absolute Gasteiger partial charge is 0.0629 e. The summed E-state index contributed by atoms with van der Waals surface area (Å²) in [7, 11) is 0. The zero-order chi connectivity index (χ0) is 12.3. The number of pyridine rings is 1. The highest BCUT2D eigenvalue weighted by Crippen LogP contribution is 2.30. The largest absolute Gasteiger partial charge is 0.398 e. The maximum absolute atomic E-state index is 6.06. The van der Waals surface area contributed by atoms with Crippen LogP contribution >= 0.6 is 23.4 Å². The highest BCUT2D eigenvalue weighted by atomic mass is 35.5. The molecule has 0 fully saturated rings. The number of halogens is 1. The summed E-state index contributed by atoms with van der Waals surface area (Å²) in [4.78, 5) is 5.16. The topological polar surface area (TPSA) is 38.9 Å². The van der Waals surface area contributed by atoms with Gasteiger partial charge in [0.25, 0.3) is 0 Å². The summed E-state index contributed by atoms with van der Waals surface area (Å²) in [5, 5.41) is 0.710. The van der Waals surface area contributed by atoms with Gasteiger partial charge in [0, 0.05) is 28.7 Å². The van der Waals surface area contributed by atoms with E-state index in [9.17, 15) is 0 Å². The van der Waals surface area contributed by atoms with Gasteiger partial charge in [-0.3, -0.25) is 4.98 Å². The Hall–Kier alpha value is -1.19. The van der Waals surface area contributed by atoms with Crippen LogP contribution < -0.4 is 5.73 Å². The molecule has 0 spiro atoms. The normalized spacial score (nSPS) is 10.5. The molecular weight excluding hydrogens is 252 g/mol. The maximum atomic E-state index is 6.06. The summed E-state index contributed by atoms with van der Waals surface area (Å²) in [5.41, 5.74) is 8.92. The number of hydrogen-bond donors (Lipinski definition) is 1. The van der Waals surface area contributed by atoms with E-state index in [1.807, 2.05) is 25.1 Å². The molecule has 88 valence electrons. The number of nitrogens with zero attached hydrogens (tertiary/aromatic N) is 1. The average molecular weight is 265 g/mol. The van der Waals surface area contributed by atoms with Crippen LogP contribution in [0.5, 0.6) is 0 Å². The number of nitrogen functional groups attached to an aromatic ring is 1. The van der Waals surface area contributed by atoms with Gasteiger partial charge in [0.15, 0.2) is 0 Å². The van der Waals surface area contributed by atoms with Crippen LogP contribution in [-0.4, -0.2) is 4.98 Å². The molecule has 0 aliphatic rings. The van der Waals surface area contributed by atoms with Crippen molar-refractivity contribution in [2.24, 2.45) is 0 Å². The third-order valence-electron chi connectivity index (χ3n) is 2.57. The van der Waals surface area contributed by atoms with E-state index in [1.165, 1.54) is 4.90 Å². The number of anilines is 1. The molecule has 2 nitrogen and oxygen atoms in total. The van der Waals surface area contributed by atoms with E-state index < -0.39 is 0 Å². The van der Waals surface area contributed by atoms with E-state index in [0.717, 1.165) is 22.6 Å². The van der Waals surface area contributed by atoms with Crippen molar-refractivity contribution in [3.63, 3.8) is 0 Å². The van der Waals surface area contributed by atoms with Crippen molar-refractivity contribution < 1.29 is 0 Å². The van der Waals surface area contributed by atoms with E-state index in [2.05, 4.69) is 11.1 Å². The number of thioether (sulfide) groups is 1. The Bertz CT molecular complexity index is 529. The molecule has 0 saturated heterocycles. The summed E-state index contributed by atoms with van der Waals surface area (Å²) in [5.74, 6) is 0.825. The first-order chi connectivity index (χ1) is 8.18. The third kappa shape index (κ3) is 2.93. The Kier molecular flexibility index (Phi) is 3.92. The monoisotopic (exact) mass is 264 g/mol. The quantitative estimate of drug-likeness (QED) is 0.675. The van der Waals surface area contributed by atoms with Gasteiger partial charge < -0.3 is 5.73 Å². The minimum Gasteiger partial charge on any atom is -0.398 e. The molecule has 2 aromatic rings. The fourth-order valence-corrected chi connectivity index (χ4v) is 2.80. The van der Waals surface area contributed by atoms with Gasteiger partial charge in [-0.15, -0.1) is 11.8 Å². The zero-order valence-electron chi connectivity index (χ0n) is 9.48. The Morgan fingerprint density at radius 1 is 1.35 bits per heavy atom. The number of hydrogen-bond acceptors (Lipinski definition) is 3. The van der Waals surface area contributed by atoms with Gasteiger partial charge in [-0.2, -0.15) is 0 Å². The molecule has 0 atom stereocenters. The lowest BCUT2D eigenvalue weighted by Gasteiger charge is -2.08. The van der Waals surface area contributed by atoms with Crippen molar-refractivity contribution in [3.05, 3.63) is 52.8 Å². The van der Waals surface area contributed by atoms with Gasteiger partial charge in [0.2, 0.25) is 0 Å². The Labute approximate surface area is 110 Å². The van der Waals surface area contributed by atoms with Gasteiger partial charge in [-0.05, 0) is 36.2 Å². The van der Waals surface area contributed by atoms with Crippen molar-refractivity contribution >= 4 is 29.1 Å². The number of nitrogens with two attached hydrogens (primary N) is 1. The minimum atomic E-state index is 0.710. The van der Waals surface area contributed by atoms with Gasteiger partial charge in [0.1, 0.15) is 0 Å². The lowest BCUT2D eigenvalue weighted by atomic mass is 10.2. The number of aromatic nitrogens is 1. The second-order valence-electron chi connectivity index (χ2n) is 3.73. The molecule has 4 heteroatoms. The second-order valence-corrected chi connectivity index (χ2v) is 5.15. The molecule has 1 aromatic carbocycles. The first-order valence-electron chi connectivity index (χ1n) is 5.25. The van der Waals surface area contributed by atoms with Gasteiger partial charge in [-0.1, -0.05) is 17.7 Å². The predicted octanol–water partition coefficient (Wildman–Crippen LogP) is 3.92. The fraction of sp³-hybridized carbons (Fsp3) is 0.154. The summed E-state index contributed by atoms with van der Waals surface area (Å²) in [6, 6.07) is 7.90. The van der Waals surface area contributed by atoms with Crippen molar-refractivity contribution in [1.29, 1.82) is 0 Å². The van der Waals surface area contributed by atoms with Crippen LogP contribution in [0.4, 0.5) is 5.69 Å². The van der Waals surface area contributed by atoms with E-state index in [0.29, 0.717) is 5.02 Å². The van der Waals surface area contributed by atoms with Crippen LogP contribution in [0.15, 0.2) is 41.6 Å². The molecule has 0 unspecified atom stereocenters. The van der Waals surface area contributed by atoms with Crippen LogP contribution in [0, 0.1) is 6.92 Å². The molecule has 0 bridgehead atoms. The van der Waals surface area contributed by atoms with E-state index >= 15 is 0 Å². The highest BCUT2D eigenvalue weighted by molar-refractivity contribution is 7.98. The number of benzene rings is 1. The molecule has 0 aliphatic carbocycles. The first kappa shape index (κ1) is 12.3. The molecular formula is C13H13ClN2S. The molecule has 0 aliphatic heterocycles. The molecule has 17 heavy (non-hydrogen) atoms. The third-order valence-corrected chi connectivity index (χ3v) is 4.11. The highest BCUT2D eigenvalue weighted by Gasteiger charge is 2.04. The first-order valence-corrected chi connectivity index (χ1v) is 6.61. The van der Waals surface area contributed by atoms with Crippen molar-refractivity contribution in [3.8, 4) is 0 Å². The van der Waals surface area contributed by atoms with Crippen molar-refractivity contribution in [1.82, 2.24) is 4.98 Å².